The lowest BCUT2D eigenvalue weighted by atomic mass is 9.96. The average Bonchev–Trinajstić information content (AvgIpc) is 2.50. The quantitative estimate of drug-likeness (QED) is 0.565. The van der Waals surface area contributed by atoms with Crippen molar-refractivity contribution >= 4 is 14.1 Å². The lowest BCUT2D eigenvalue weighted by Crippen LogP contribution is -2.42. The largest absolute Gasteiger partial charge is 0.416 e. The maximum atomic E-state index is 12.6. The first kappa shape index (κ1) is 20.1. The van der Waals surface area contributed by atoms with Gasteiger partial charge in [-0.3, -0.25) is 4.79 Å². The van der Waals surface area contributed by atoms with Crippen LogP contribution in [0.4, 0.5) is 0 Å². The molecule has 0 spiro atoms. The third kappa shape index (κ3) is 5.26. The number of hydrogen-bond acceptors (Lipinski definition) is 3. The van der Waals surface area contributed by atoms with E-state index in [2.05, 4.69) is 33.9 Å². The molecule has 3 nitrogen and oxygen atoms in total. The van der Waals surface area contributed by atoms with E-state index >= 15 is 0 Å². The van der Waals surface area contributed by atoms with Crippen LogP contribution < -0.4 is 0 Å². The summed E-state index contributed by atoms with van der Waals surface area (Å²) in [6.45, 7) is 15.3. The van der Waals surface area contributed by atoms with Gasteiger partial charge in [0, 0.05) is 18.1 Å². The molecule has 0 saturated carbocycles. The fourth-order valence-corrected chi connectivity index (χ4v) is 3.14. The first-order valence-corrected chi connectivity index (χ1v) is 11.4. The highest BCUT2D eigenvalue weighted by Gasteiger charge is 2.37. The molecule has 4 heteroatoms. The van der Waals surface area contributed by atoms with Gasteiger partial charge in [0.25, 0.3) is 0 Å². The highest BCUT2D eigenvalue weighted by molar-refractivity contribution is 6.74. The SMILES string of the molecule is CC[C@H](O)c1cccc(C(=O)[C@H](C)CO[Si](C)(C)C(C)(C)C)c1. The summed E-state index contributed by atoms with van der Waals surface area (Å²) in [5, 5.41) is 10.1. The standard InChI is InChI=1S/C19H32O3Si/c1-8-17(20)15-10-9-11-16(12-15)18(21)14(2)13-22-23(6,7)19(3,4)5/h9-12,14,17,20H,8,13H2,1-7H3/t14-,17+/m1/s1. The number of carbonyl (C=O) groups is 1. The predicted octanol–water partition coefficient (Wildman–Crippen LogP) is 4.97. The first-order chi connectivity index (χ1) is 10.5. The molecule has 0 radical (unpaired) electrons. The van der Waals surface area contributed by atoms with Crippen LogP contribution in [0.1, 0.15) is 63.1 Å². The van der Waals surface area contributed by atoms with E-state index < -0.39 is 14.4 Å². The van der Waals surface area contributed by atoms with Crippen molar-refractivity contribution in [1.29, 1.82) is 0 Å². The van der Waals surface area contributed by atoms with Gasteiger partial charge in [0.15, 0.2) is 14.1 Å². The summed E-state index contributed by atoms with van der Waals surface area (Å²) < 4.78 is 6.17. The smallest absolute Gasteiger partial charge is 0.192 e. The van der Waals surface area contributed by atoms with Crippen LogP contribution in [0.15, 0.2) is 24.3 Å². The number of aliphatic hydroxyl groups is 1. The fourth-order valence-electron chi connectivity index (χ4n) is 2.04. The van der Waals surface area contributed by atoms with Crippen molar-refractivity contribution in [1.82, 2.24) is 0 Å². The summed E-state index contributed by atoms with van der Waals surface area (Å²) in [7, 11) is -1.84. The summed E-state index contributed by atoms with van der Waals surface area (Å²) in [5.41, 5.74) is 1.46. The average molecular weight is 337 g/mol. The topological polar surface area (TPSA) is 46.5 Å². The summed E-state index contributed by atoms with van der Waals surface area (Å²) in [4.78, 5) is 12.6. The lowest BCUT2D eigenvalue weighted by molar-refractivity contribution is 0.0882. The van der Waals surface area contributed by atoms with E-state index in [0.29, 0.717) is 18.6 Å². The molecule has 0 amide bonds. The van der Waals surface area contributed by atoms with Crippen molar-refractivity contribution in [3.8, 4) is 0 Å². The van der Waals surface area contributed by atoms with Gasteiger partial charge in [0.05, 0.1) is 6.10 Å². The van der Waals surface area contributed by atoms with Gasteiger partial charge in [0.1, 0.15) is 0 Å². The maximum Gasteiger partial charge on any atom is 0.192 e. The van der Waals surface area contributed by atoms with Crippen LogP contribution >= 0.6 is 0 Å². The van der Waals surface area contributed by atoms with Gasteiger partial charge in [-0.15, -0.1) is 0 Å². The molecule has 1 aromatic rings. The minimum Gasteiger partial charge on any atom is -0.416 e. The third-order valence-corrected chi connectivity index (χ3v) is 9.39. The van der Waals surface area contributed by atoms with Gasteiger partial charge in [-0.1, -0.05) is 52.8 Å². The van der Waals surface area contributed by atoms with E-state index in [1.807, 2.05) is 32.0 Å². The van der Waals surface area contributed by atoms with Crippen molar-refractivity contribution in [2.24, 2.45) is 5.92 Å². The summed E-state index contributed by atoms with van der Waals surface area (Å²) in [6, 6.07) is 7.32. The molecule has 1 aromatic carbocycles. The van der Waals surface area contributed by atoms with Crippen molar-refractivity contribution in [3.05, 3.63) is 35.4 Å². The molecule has 0 fully saturated rings. The molecule has 0 aromatic heterocycles. The van der Waals surface area contributed by atoms with Crippen LogP contribution in [0.2, 0.25) is 18.1 Å². The van der Waals surface area contributed by atoms with E-state index in [0.717, 1.165) is 5.56 Å². The van der Waals surface area contributed by atoms with Crippen LogP contribution in [0.5, 0.6) is 0 Å². The molecule has 0 heterocycles. The number of aliphatic hydroxyl groups excluding tert-OH is 1. The van der Waals surface area contributed by atoms with E-state index in [1.54, 1.807) is 6.07 Å². The summed E-state index contributed by atoms with van der Waals surface area (Å²) in [5.74, 6) is -0.105. The highest BCUT2D eigenvalue weighted by Crippen LogP contribution is 2.36. The first-order valence-electron chi connectivity index (χ1n) is 8.45. The summed E-state index contributed by atoms with van der Waals surface area (Å²) >= 11 is 0. The molecule has 1 rings (SSSR count). The Hall–Kier alpha value is -0.973. The van der Waals surface area contributed by atoms with Crippen LogP contribution in [0.25, 0.3) is 0 Å². The number of Topliss-reactive ketones (excluding diaryl/α,β-unsaturated/α-hetero) is 1. The molecule has 0 aliphatic carbocycles. The molecule has 0 aliphatic heterocycles. The molecule has 0 unspecified atom stereocenters. The van der Waals surface area contributed by atoms with E-state index in [-0.39, 0.29) is 16.7 Å². The van der Waals surface area contributed by atoms with Crippen molar-refractivity contribution < 1.29 is 14.3 Å². The monoisotopic (exact) mass is 336 g/mol. The Bertz CT molecular complexity index is 532. The molecule has 0 saturated heterocycles. The van der Waals surface area contributed by atoms with Crippen LogP contribution in [-0.4, -0.2) is 25.8 Å². The second kappa shape index (κ2) is 7.73. The van der Waals surface area contributed by atoms with Crippen molar-refractivity contribution in [2.45, 2.75) is 65.3 Å². The Morgan fingerprint density at radius 3 is 2.43 bits per heavy atom. The van der Waals surface area contributed by atoms with Gasteiger partial charge in [-0.2, -0.15) is 0 Å². The minimum absolute atomic E-state index is 0.0777. The second-order valence-corrected chi connectivity index (χ2v) is 12.7. The fraction of sp³-hybridized carbons (Fsp3) is 0.632. The molecule has 130 valence electrons. The Kier molecular flexibility index (Phi) is 6.75. The van der Waals surface area contributed by atoms with Crippen LogP contribution in [-0.2, 0) is 4.43 Å². The third-order valence-electron chi connectivity index (χ3n) is 4.89. The van der Waals surface area contributed by atoms with E-state index in [4.69, 9.17) is 4.43 Å². The summed E-state index contributed by atoms with van der Waals surface area (Å²) in [6.07, 6.45) is 0.128. The minimum atomic E-state index is -1.84. The van der Waals surface area contributed by atoms with Gasteiger partial charge in [-0.25, -0.2) is 0 Å². The van der Waals surface area contributed by atoms with E-state index in [1.165, 1.54) is 0 Å². The molecular weight excluding hydrogens is 304 g/mol. The van der Waals surface area contributed by atoms with Gasteiger partial charge in [0.2, 0.25) is 0 Å². The number of carbonyl (C=O) groups excluding carboxylic acids is 1. The zero-order valence-corrected chi connectivity index (χ0v) is 16.6. The van der Waals surface area contributed by atoms with Crippen molar-refractivity contribution in [2.75, 3.05) is 6.61 Å². The number of rotatable bonds is 7. The van der Waals surface area contributed by atoms with Gasteiger partial charge >= 0.3 is 0 Å². The Balaban J connectivity index is 2.78. The molecule has 2 atom stereocenters. The molecule has 1 N–H and O–H groups in total. The van der Waals surface area contributed by atoms with Gasteiger partial charge in [-0.05, 0) is 36.2 Å². The highest BCUT2D eigenvalue weighted by atomic mass is 28.4. The number of ketones is 1. The van der Waals surface area contributed by atoms with Gasteiger partial charge < -0.3 is 9.53 Å². The maximum absolute atomic E-state index is 12.6. The van der Waals surface area contributed by atoms with E-state index in [9.17, 15) is 9.90 Å². The lowest BCUT2D eigenvalue weighted by Gasteiger charge is -2.36. The molecular formula is C19H32O3Si. The Labute approximate surface area is 142 Å². The van der Waals surface area contributed by atoms with Crippen molar-refractivity contribution in [3.63, 3.8) is 0 Å². The normalized spacial score (nSPS) is 15.3. The predicted molar refractivity (Wildman–Crippen MR) is 98.3 cm³/mol. The molecule has 0 aliphatic rings. The number of benzene rings is 1. The molecule has 0 bridgehead atoms. The zero-order chi connectivity index (χ0) is 17.8. The Morgan fingerprint density at radius 1 is 1.30 bits per heavy atom. The van der Waals surface area contributed by atoms with Crippen LogP contribution in [0, 0.1) is 5.92 Å². The van der Waals surface area contributed by atoms with Crippen LogP contribution in [0.3, 0.4) is 0 Å². The molecule has 23 heavy (non-hydrogen) atoms. The number of hydrogen-bond donors (Lipinski definition) is 1. The zero-order valence-electron chi connectivity index (χ0n) is 15.6. The second-order valence-electron chi connectivity index (χ2n) is 7.89. The Morgan fingerprint density at radius 2 is 1.91 bits per heavy atom.